The molecule has 2 rings (SSSR count). The molecule has 1 aliphatic carbocycles. The van der Waals surface area contributed by atoms with Gasteiger partial charge in [-0.15, -0.1) is 0 Å². The lowest BCUT2D eigenvalue weighted by Gasteiger charge is -2.24. The number of hydrogen-bond acceptors (Lipinski definition) is 3. The lowest BCUT2D eigenvalue weighted by atomic mass is 9.83. The first kappa shape index (κ1) is 13.7. The van der Waals surface area contributed by atoms with Crippen molar-refractivity contribution in [2.24, 2.45) is 0 Å². The van der Waals surface area contributed by atoms with Crippen LogP contribution in [-0.2, 0) is 27.6 Å². The first-order chi connectivity index (χ1) is 8.31. The molecule has 1 aliphatic rings. The van der Waals surface area contributed by atoms with Crippen LogP contribution >= 0.6 is 10.7 Å². The lowest BCUT2D eigenvalue weighted by molar-refractivity contribution is 0.462. The molecule has 1 aromatic carbocycles. The number of halogens is 1. The van der Waals surface area contributed by atoms with Gasteiger partial charge in [0.25, 0.3) is 0 Å². The molecule has 0 bridgehead atoms. The Morgan fingerprint density at radius 2 is 1.61 bits per heavy atom. The fraction of sp³-hybridized carbons (Fsp3) is 0.538. The standard InChI is InChI=1S/C13H17ClO3S/c1-8-10-5-3-4-6-11(10)9(2)13(15)12(8)7-18(14,16)17/h15H,3-7H2,1-2H3. The zero-order valence-corrected chi connectivity index (χ0v) is 12.2. The molecule has 0 radical (unpaired) electrons. The molecule has 1 aromatic rings. The lowest BCUT2D eigenvalue weighted by Crippen LogP contribution is -2.11. The Bertz CT molecular complexity index is 591. The Labute approximate surface area is 112 Å². The molecule has 0 saturated carbocycles. The fourth-order valence-electron chi connectivity index (χ4n) is 2.81. The highest BCUT2D eigenvalue weighted by Crippen LogP contribution is 2.37. The minimum Gasteiger partial charge on any atom is -0.507 e. The fourth-order valence-corrected chi connectivity index (χ4v) is 3.84. The van der Waals surface area contributed by atoms with Gasteiger partial charge in [-0.25, -0.2) is 8.42 Å². The summed E-state index contributed by atoms with van der Waals surface area (Å²) in [6, 6.07) is 0. The van der Waals surface area contributed by atoms with Gasteiger partial charge in [-0.2, -0.15) is 0 Å². The second kappa shape index (κ2) is 4.74. The first-order valence-corrected chi connectivity index (χ1v) is 8.54. The molecule has 18 heavy (non-hydrogen) atoms. The van der Waals surface area contributed by atoms with Gasteiger partial charge in [-0.3, -0.25) is 0 Å². The van der Waals surface area contributed by atoms with Crippen molar-refractivity contribution in [1.82, 2.24) is 0 Å². The van der Waals surface area contributed by atoms with E-state index in [-0.39, 0.29) is 11.5 Å². The van der Waals surface area contributed by atoms with Crippen LogP contribution in [0.25, 0.3) is 0 Å². The van der Waals surface area contributed by atoms with Crippen LogP contribution in [0.1, 0.15) is 40.7 Å². The first-order valence-electron chi connectivity index (χ1n) is 6.06. The number of benzene rings is 1. The third-order valence-corrected chi connectivity index (χ3v) is 4.74. The summed E-state index contributed by atoms with van der Waals surface area (Å²) >= 11 is 0. The van der Waals surface area contributed by atoms with E-state index in [1.807, 2.05) is 13.8 Å². The van der Waals surface area contributed by atoms with Crippen molar-refractivity contribution in [2.75, 3.05) is 0 Å². The number of fused-ring (bicyclic) bond motifs is 1. The molecular weight excluding hydrogens is 272 g/mol. The molecule has 0 aliphatic heterocycles. The molecule has 0 fully saturated rings. The molecule has 0 atom stereocenters. The van der Waals surface area contributed by atoms with E-state index < -0.39 is 9.05 Å². The summed E-state index contributed by atoms with van der Waals surface area (Å²) in [6.07, 6.45) is 4.16. The minimum absolute atomic E-state index is 0.0948. The van der Waals surface area contributed by atoms with Crippen molar-refractivity contribution >= 4 is 19.7 Å². The van der Waals surface area contributed by atoms with Gasteiger partial charge in [-0.1, -0.05) is 0 Å². The van der Waals surface area contributed by atoms with Crippen molar-refractivity contribution < 1.29 is 13.5 Å². The molecular formula is C13H17ClO3S. The Kier molecular flexibility index (Phi) is 3.60. The summed E-state index contributed by atoms with van der Waals surface area (Å²) < 4.78 is 22.5. The summed E-state index contributed by atoms with van der Waals surface area (Å²) in [6.45, 7) is 3.73. The van der Waals surface area contributed by atoms with E-state index in [9.17, 15) is 13.5 Å². The van der Waals surface area contributed by atoms with E-state index in [0.717, 1.165) is 36.8 Å². The molecule has 0 unspecified atom stereocenters. The van der Waals surface area contributed by atoms with Crippen LogP contribution < -0.4 is 0 Å². The third-order valence-electron chi connectivity index (χ3n) is 3.78. The topological polar surface area (TPSA) is 54.4 Å². The Morgan fingerprint density at radius 1 is 1.11 bits per heavy atom. The van der Waals surface area contributed by atoms with E-state index in [2.05, 4.69) is 0 Å². The SMILES string of the molecule is Cc1c(O)c(CS(=O)(=O)Cl)c(C)c2c1CCCC2. The predicted octanol–water partition coefficient (Wildman–Crippen LogP) is 2.96. The Balaban J connectivity index is 2.64. The maximum atomic E-state index is 11.2. The summed E-state index contributed by atoms with van der Waals surface area (Å²) in [4.78, 5) is 0. The van der Waals surface area contributed by atoms with Gasteiger partial charge in [0.15, 0.2) is 0 Å². The van der Waals surface area contributed by atoms with Crippen molar-refractivity contribution in [2.45, 2.75) is 45.3 Å². The van der Waals surface area contributed by atoms with Gasteiger partial charge < -0.3 is 5.11 Å². The summed E-state index contributed by atoms with van der Waals surface area (Å²) in [7, 11) is 1.66. The smallest absolute Gasteiger partial charge is 0.236 e. The second-order valence-corrected chi connectivity index (χ2v) is 7.70. The highest BCUT2D eigenvalue weighted by atomic mass is 35.7. The number of hydrogen-bond donors (Lipinski definition) is 1. The van der Waals surface area contributed by atoms with Gasteiger partial charge in [0.2, 0.25) is 9.05 Å². The van der Waals surface area contributed by atoms with Gasteiger partial charge in [0, 0.05) is 16.2 Å². The summed E-state index contributed by atoms with van der Waals surface area (Å²) in [5.74, 6) is -0.210. The quantitative estimate of drug-likeness (QED) is 0.851. The van der Waals surface area contributed by atoms with E-state index >= 15 is 0 Å². The molecule has 0 aromatic heterocycles. The highest BCUT2D eigenvalue weighted by Gasteiger charge is 2.23. The summed E-state index contributed by atoms with van der Waals surface area (Å²) in [5.41, 5.74) is 4.55. The normalized spacial score (nSPS) is 15.5. The number of phenols is 1. The van der Waals surface area contributed by atoms with E-state index in [0.29, 0.717) is 5.56 Å². The van der Waals surface area contributed by atoms with Crippen LogP contribution in [0.2, 0.25) is 0 Å². The van der Waals surface area contributed by atoms with Crippen LogP contribution in [-0.4, -0.2) is 13.5 Å². The number of aromatic hydroxyl groups is 1. The number of phenolic OH excluding ortho intramolecular Hbond substituents is 1. The van der Waals surface area contributed by atoms with Gasteiger partial charge >= 0.3 is 0 Å². The molecule has 0 saturated heterocycles. The zero-order chi connectivity index (χ0) is 13.5. The molecule has 0 amide bonds. The van der Waals surface area contributed by atoms with Gasteiger partial charge in [0.05, 0.1) is 5.75 Å². The maximum Gasteiger partial charge on any atom is 0.236 e. The molecule has 1 N–H and O–H groups in total. The van der Waals surface area contributed by atoms with Crippen LogP contribution in [0, 0.1) is 13.8 Å². The Morgan fingerprint density at radius 3 is 2.11 bits per heavy atom. The van der Waals surface area contributed by atoms with E-state index in [1.165, 1.54) is 11.1 Å². The highest BCUT2D eigenvalue weighted by molar-refractivity contribution is 8.13. The monoisotopic (exact) mass is 288 g/mol. The average Bonchev–Trinajstić information content (AvgIpc) is 2.31. The molecule has 100 valence electrons. The van der Waals surface area contributed by atoms with Crippen LogP contribution in [0.5, 0.6) is 5.75 Å². The van der Waals surface area contributed by atoms with Gasteiger partial charge in [-0.05, 0) is 61.8 Å². The summed E-state index contributed by atoms with van der Waals surface area (Å²) in [5, 5.41) is 10.2. The molecule has 5 heteroatoms. The largest absolute Gasteiger partial charge is 0.507 e. The van der Waals surface area contributed by atoms with Crippen LogP contribution in [0.15, 0.2) is 0 Å². The van der Waals surface area contributed by atoms with E-state index in [1.54, 1.807) is 0 Å². The van der Waals surface area contributed by atoms with Crippen molar-refractivity contribution in [3.05, 3.63) is 27.8 Å². The van der Waals surface area contributed by atoms with Crippen molar-refractivity contribution in [3.63, 3.8) is 0 Å². The molecule has 3 nitrogen and oxygen atoms in total. The van der Waals surface area contributed by atoms with Gasteiger partial charge in [0.1, 0.15) is 5.75 Å². The van der Waals surface area contributed by atoms with Crippen molar-refractivity contribution in [1.29, 1.82) is 0 Å². The van der Waals surface area contributed by atoms with Crippen LogP contribution in [0.3, 0.4) is 0 Å². The second-order valence-electron chi connectivity index (χ2n) is 4.92. The molecule has 0 heterocycles. The minimum atomic E-state index is -3.65. The third kappa shape index (κ3) is 2.50. The zero-order valence-electron chi connectivity index (χ0n) is 10.6. The average molecular weight is 289 g/mol. The van der Waals surface area contributed by atoms with E-state index in [4.69, 9.17) is 10.7 Å². The Hall–Kier alpha value is -0.740. The number of rotatable bonds is 2. The van der Waals surface area contributed by atoms with Crippen molar-refractivity contribution in [3.8, 4) is 5.75 Å². The van der Waals surface area contributed by atoms with Crippen LogP contribution in [0.4, 0.5) is 0 Å². The predicted molar refractivity (Wildman–Crippen MR) is 72.7 cm³/mol. The maximum absolute atomic E-state index is 11.2. The molecule has 0 spiro atoms.